The number of anilines is 1. The summed E-state index contributed by atoms with van der Waals surface area (Å²) in [5.41, 5.74) is 2.81. The molecule has 0 radical (unpaired) electrons. The van der Waals surface area contributed by atoms with Crippen molar-refractivity contribution in [2.45, 2.75) is 59.5 Å². The number of hydrogen-bond donors (Lipinski definition) is 1. The van der Waals surface area contributed by atoms with E-state index in [4.69, 9.17) is 0 Å². The molecule has 1 heterocycles. The minimum Gasteiger partial charge on any atom is -0.365 e. The first-order chi connectivity index (χ1) is 9.90. The maximum absolute atomic E-state index is 3.74. The molecule has 2 heteroatoms. The van der Waals surface area contributed by atoms with Crippen LogP contribution in [0.3, 0.4) is 0 Å². The normalized spacial score (nSPS) is 23.4. The lowest BCUT2D eigenvalue weighted by Crippen LogP contribution is -2.60. The molecule has 1 aromatic carbocycles. The summed E-state index contributed by atoms with van der Waals surface area (Å²) in [6, 6.07) is 10.4. The van der Waals surface area contributed by atoms with E-state index in [1.165, 1.54) is 11.3 Å². The molecule has 21 heavy (non-hydrogen) atoms. The molecule has 1 N–H and O–H groups in total. The minimum absolute atomic E-state index is 0.588. The zero-order valence-corrected chi connectivity index (χ0v) is 14.6. The van der Waals surface area contributed by atoms with Crippen molar-refractivity contribution >= 4 is 5.69 Å². The van der Waals surface area contributed by atoms with E-state index in [-0.39, 0.29) is 0 Å². The van der Waals surface area contributed by atoms with Crippen LogP contribution in [-0.2, 0) is 0 Å². The number of piperazine rings is 1. The Balaban J connectivity index is 2.22. The van der Waals surface area contributed by atoms with Crippen LogP contribution in [-0.4, -0.2) is 25.2 Å². The lowest BCUT2D eigenvalue weighted by molar-refractivity contribution is 0.295. The molecule has 0 bridgehead atoms. The van der Waals surface area contributed by atoms with Crippen molar-refractivity contribution in [1.82, 2.24) is 5.32 Å². The van der Waals surface area contributed by atoms with E-state index in [1.54, 1.807) is 0 Å². The number of rotatable bonds is 4. The van der Waals surface area contributed by atoms with E-state index in [0.717, 1.165) is 13.1 Å². The molecule has 1 fully saturated rings. The maximum Gasteiger partial charge on any atom is 0.0438 e. The Kier molecular flexibility index (Phi) is 5.32. The highest BCUT2D eigenvalue weighted by Crippen LogP contribution is 2.27. The molecular weight excluding hydrogens is 256 g/mol. The van der Waals surface area contributed by atoms with Crippen LogP contribution in [0.25, 0.3) is 0 Å². The van der Waals surface area contributed by atoms with Gasteiger partial charge in [-0.1, -0.05) is 53.7 Å². The topological polar surface area (TPSA) is 15.3 Å². The summed E-state index contributed by atoms with van der Waals surface area (Å²) in [4.78, 5) is 2.62. The van der Waals surface area contributed by atoms with Gasteiger partial charge in [-0.05, 0) is 35.4 Å². The van der Waals surface area contributed by atoms with Crippen molar-refractivity contribution < 1.29 is 0 Å². The Morgan fingerprint density at radius 1 is 0.952 bits per heavy atom. The fourth-order valence-corrected chi connectivity index (χ4v) is 3.18. The van der Waals surface area contributed by atoms with Crippen molar-refractivity contribution in [3.8, 4) is 0 Å². The monoisotopic (exact) mass is 288 g/mol. The number of nitrogens with zero attached hydrogens (tertiary/aromatic N) is 1. The van der Waals surface area contributed by atoms with Crippen molar-refractivity contribution in [3.63, 3.8) is 0 Å². The van der Waals surface area contributed by atoms with Crippen LogP contribution in [0.15, 0.2) is 24.3 Å². The van der Waals surface area contributed by atoms with E-state index in [2.05, 4.69) is 76.0 Å². The van der Waals surface area contributed by atoms with E-state index >= 15 is 0 Å². The van der Waals surface area contributed by atoms with Gasteiger partial charge in [0.25, 0.3) is 0 Å². The summed E-state index contributed by atoms with van der Waals surface area (Å²) in [5, 5.41) is 3.74. The standard InChI is InChI=1S/C19H32N2/c1-13(2)16-7-9-17(10-8-16)21-12-18(14(3)4)20-11-19(21)15(5)6/h7-10,13-15,18-20H,11-12H2,1-6H3. The van der Waals surface area contributed by atoms with Gasteiger partial charge in [0.2, 0.25) is 0 Å². The van der Waals surface area contributed by atoms with Gasteiger partial charge in [-0.3, -0.25) is 0 Å². The third-order valence-electron chi connectivity index (χ3n) is 4.85. The quantitative estimate of drug-likeness (QED) is 0.890. The highest BCUT2D eigenvalue weighted by atomic mass is 15.2. The van der Waals surface area contributed by atoms with Gasteiger partial charge in [0.1, 0.15) is 0 Å². The smallest absolute Gasteiger partial charge is 0.0438 e. The van der Waals surface area contributed by atoms with Crippen LogP contribution in [0.2, 0.25) is 0 Å². The van der Waals surface area contributed by atoms with Gasteiger partial charge in [-0.25, -0.2) is 0 Å². The average molecular weight is 288 g/mol. The Bertz CT molecular complexity index is 433. The van der Waals surface area contributed by atoms with Gasteiger partial charge in [0, 0.05) is 30.9 Å². The molecule has 0 spiro atoms. The largest absolute Gasteiger partial charge is 0.365 e. The minimum atomic E-state index is 0.588. The molecule has 0 aromatic heterocycles. The van der Waals surface area contributed by atoms with Gasteiger partial charge in [-0.2, -0.15) is 0 Å². The summed E-state index contributed by atoms with van der Waals surface area (Å²) in [6.07, 6.45) is 0. The molecule has 2 rings (SSSR count). The summed E-state index contributed by atoms with van der Waals surface area (Å²) in [6.45, 7) is 16.0. The first-order valence-electron chi connectivity index (χ1n) is 8.50. The van der Waals surface area contributed by atoms with Gasteiger partial charge < -0.3 is 10.2 Å². The van der Waals surface area contributed by atoms with Gasteiger partial charge in [-0.15, -0.1) is 0 Å². The summed E-state index contributed by atoms with van der Waals surface area (Å²) < 4.78 is 0. The fourth-order valence-electron chi connectivity index (χ4n) is 3.18. The third kappa shape index (κ3) is 3.79. The van der Waals surface area contributed by atoms with Crippen molar-refractivity contribution in [3.05, 3.63) is 29.8 Å². The van der Waals surface area contributed by atoms with Crippen molar-refractivity contribution in [2.75, 3.05) is 18.0 Å². The van der Waals surface area contributed by atoms with E-state index in [0.29, 0.717) is 29.8 Å². The Morgan fingerprint density at radius 3 is 2.05 bits per heavy atom. The zero-order valence-electron chi connectivity index (χ0n) is 14.6. The van der Waals surface area contributed by atoms with Crippen LogP contribution in [0.5, 0.6) is 0 Å². The van der Waals surface area contributed by atoms with Gasteiger partial charge in [0.15, 0.2) is 0 Å². The van der Waals surface area contributed by atoms with E-state index in [1.807, 2.05) is 0 Å². The third-order valence-corrected chi connectivity index (χ3v) is 4.85. The lowest BCUT2D eigenvalue weighted by atomic mass is 9.93. The second kappa shape index (κ2) is 6.83. The maximum atomic E-state index is 3.74. The molecule has 1 aliphatic rings. The predicted octanol–water partition coefficient (Wildman–Crippen LogP) is 4.27. The van der Waals surface area contributed by atoms with E-state index < -0.39 is 0 Å². The molecule has 1 saturated heterocycles. The molecule has 0 saturated carbocycles. The van der Waals surface area contributed by atoms with E-state index in [9.17, 15) is 0 Å². The molecule has 2 atom stereocenters. The fraction of sp³-hybridized carbons (Fsp3) is 0.684. The highest BCUT2D eigenvalue weighted by molar-refractivity contribution is 5.50. The first kappa shape index (κ1) is 16.4. The molecule has 0 amide bonds. The molecule has 2 unspecified atom stereocenters. The number of hydrogen-bond acceptors (Lipinski definition) is 2. The summed E-state index contributed by atoms with van der Waals surface area (Å²) >= 11 is 0. The van der Waals surface area contributed by atoms with Crippen LogP contribution in [0, 0.1) is 11.8 Å². The lowest BCUT2D eigenvalue weighted by Gasteiger charge is -2.45. The Morgan fingerprint density at radius 2 is 1.57 bits per heavy atom. The van der Waals surface area contributed by atoms with Crippen molar-refractivity contribution in [1.29, 1.82) is 0 Å². The molecule has 1 aromatic rings. The summed E-state index contributed by atoms with van der Waals surface area (Å²) in [7, 11) is 0. The SMILES string of the molecule is CC(C)c1ccc(N2CC(C(C)C)NCC2C(C)C)cc1. The second-order valence-electron chi connectivity index (χ2n) is 7.47. The molecule has 2 nitrogen and oxygen atoms in total. The van der Waals surface area contributed by atoms with Gasteiger partial charge >= 0.3 is 0 Å². The predicted molar refractivity (Wildman–Crippen MR) is 93.1 cm³/mol. The van der Waals surface area contributed by atoms with Crippen molar-refractivity contribution in [2.24, 2.45) is 11.8 Å². The molecule has 118 valence electrons. The van der Waals surface area contributed by atoms with Crippen LogP contribution in [0.4, 0.5) is 5.69 Å². The summed E-state index contributed by atoms with van der Waals surface area (Å²) in [5.74, 6) is 1.94. The number of nitrogens with one attached hydrogen (secondary N) is 1. The Labute approximate surface area is 130 Å². The Hall–Kier alpha value is -1.02. The van der Waals surface area contributed by atoms with Gasteiger partial charge in [0.05, 0.1) is 0 Å². The molecule has 1 aliphatic heterocycles. The molecular formula is C19H32N2. The van der Waals surface area contributed by atoms with Crippen LogP contribution < -0.4 is 10.2 Å². The number of benzene rings is 1. The average Bonchev–Trinajstić information content (AvgIpc) is 2.46. The highest BCUT2D eigenvalue weighted by Gasteiger charge is 2.31. The molecule has 0 aliphatic carbocycles. The van der Waals surface area contributed by atoms with Crippen LogP contribution in [0.1, 0.15) is 53.0 Å². The zero-order chi connectivity index (χ0) is 15.6. The first-order valence-corrected chi connectivity index (χ1v) is 8.50. The second-order valence-corrected chi connectivity index (χ2v) is 7.47. The van der Waals surface area contributed by atoms with Crippen LogP contribution >= 0.6 is 0 Å².